The van der Waals surface area contributed by atoms with Crippen LogP contribution < -0.4 is 5.32 Å². The van der Waals surface area contributed by atoms with Gasteiger partial charge in [-0.2, -0.15) is 0 Å². The molecule has 3 nitrogen and oxygen atoms in total. The maximum atomic E-state index is 13.5. The highest BCUT2D eigenvalue weighted by atomic mass is 32.2. The van der Waals surface area contributed by atoms with Crippen molar-refractivity contribution in [2.24, 2.45) is 0 Å². The van der Waals surface area contributed by atoms with E-state index in [0.29, 0.717) is 0 Å². The third-order valence-electron chi connectivity index (χ3n) is 3.16. The number of amides is 1. The lowest BCUT2D eigenvalue weighted by Gasteiger charge is -2.07. The molecule has 0 radical (unpaired) electrons. The number of fused-ring (bicyclic) bond motifs is 1. The van der Waals surface area contributed by atoms with Crippen molar-refractivity contribution in [2.75, 3.05) is 11.1 Å². The number of para-hydroxylation sites is 1. The number of hydrogen-bond donors (Lipinski definition) is 1. The van der Waals surface area contributed by atoms with E-state index in [9.17, 15) is 13.6 Å². The molecule has 0 bridgehead atoms. The van der Waals surface area contributed by atoms with Gasteiger partial charge in [-0.15, -0.1) is 11.8 Å². The molecule has 6 heteroatoms. The lowest BCUT2D eigenvalue weighted by Crippen LogP contribution is -2.15. The van der Waals surface area contributed by atoms with Crippen LogP contribution in [0.15, 0.2) is 59.6 Å². The van der Waals surface area contributed by atoms with E-state index in [-0.39, 0.29) is 17.3 Å². The van der Waals surface area contributed by atoms with Crippen molar-refractivity contribution in [1.82, 2.24) is 4.98 Å². The molecule has 2 aromatic carbocycles. The fourth-order valence-electron chi connectivity index (χ4n) is 2.11. The van der Waals surface area contributed by atoms with Crippen LogP contribution in [0.1, 0.15) is 0 Å². The number of carbonyl (C=O) groups is 1. The van der Waals surface area contributed by atoms with Gasteiger partial charge >= 0.3 is 0 Å². The van der Waals surface area contributed by atoms with Crippen molar-refractivity contribution in [3.8, 4) is 0 Å². The number of benzene rings is 2. The van der Waals surface area contributed by atoms with E-state index in [4.69, 9.17) is 0 Å². The maximum absolute atomic E-state index is 13.5. The molecule has 0 spiro atoms. The number of thioether (sulfide) groups is 1. The second kappa shape index (κ2) is 6.75. The van der Waals surface area contributed by atoms with Crippen LogP contribution in [0.4, 0.5) is 14.5 Å². The van der Waals surface area contributed by atoms with Gasteiger partial charge in [-0.25, -0.2) is 8.78 Å². The lowest BCUT2D eigenvalue weighted by atomic mass is 10.2. The number of halogens is 2. The molecule has 0 aliphatic heterocycles. The van der Waals surface area contributed by atoms with E-state index in [0.717, 1.165) is 27.9 Å². The highest BCUT2D eigenvalue weighted by Gasteiger charge is 2.10. The van der Waals surface area contributed by atoms with E-state index in [1.807, 2.05) is 30.3 Å². The summed E-state index contributed by atoms with van der Waals surface area (Å²) in [5, 5.41) is 3.42. The highest BCUT2D eigenvalue weighted by Crippen LogP contribution is 2.26. The van der Waals surface area contributed by atoms with Gasteiger partial charge in [0.1, 0.15) is 11.6 Å². The molecule has 0 saturated carbocycles. The van der Waals surface area contributed by atoms with E-state index in [1.165, 1.54) is 17.8 Å². The average molecular weight is 330 g/mol. The minimum Gasteiger partial charge on any atom is -0.323 e. The summed E-state index contributed by atoms with van der Waals surface area (Å²) in [5.41, 5.74) is 0.786. The normalized spacial score (nSPS) is 10.7. The Bertz CT molecular complexity index is 865. The third-order valence-corrected chi connectivity index (χ3v) is 4.21. The summed E-state index contributed by atoms with van der Waals surface area (Å²) in [7, 11) is 0. The van der Waals surface area contributed by atoms with Gasteiger partial charge in [0.25, 0.3) is 0 Å². The summed E-state index contributed by atoms with van der Waals surface area (Å²) in [6, 6.07) is 12.5. The Labute approximate surface area is 135 Å². The van der Waals surface area contributed by atoms with Crippen LogP contribution in [0.25, 0.3) is 10.9 Å². The smallest absolute Gasteiger partial charge is 0.234 e. The first-order valence-corrected chi connectivity index (χ1v) is 7.83. The Hall–Kier alpha value is -2.47. The second-order valence-electron chi connectivity index (χ2n) is 4.79. The van der Waals surface area contributed by atoms with Gasteiger partial charge in [0.15, 0.2) is 0 Å². The predicted molar refractivity (Wildman–Crippen MR) is 87.5 cm³/mol. The minimum absolute atomic E-state index is 0.0342. The molecule has 3 aromatic rings. The number of anilines is 1. The zero-order chi connectivity index (χ0) is 16.2. The number of pyridine rings is 1. The molecule has 0 aliphatic rings. The van der Waals surface area contributed by atoms with Gasteiger partial charge in [0.2, 0.25) is 5.91 Å². The van der Waals surface area contributed by atoms with Crippen molar-refractivity contribution in [3.63, 3.8) is 0 Å². The molecule has 3 rings (SSSR count). The monoisotopic (exact) mass is 330 g/mol. The molecule has 1 amide bonds. The van der Waals surface area contributed by atoms with Gasteiger partial charge in [-0.1, -0.05) is 18.2 Å². The lowest BCUT2D eigenvalue weighted by molar-refractivity contribution is -0.113. The molecule has 0 fully saturated rings. The molecule has 1 heterocycles. The van der Waals surface area contributed by atoms with E-state index < -0.39 is 11.6 Å². The summed E-state index contributed by atoms with van der Waals surface area (Å²) in [4.78, 5) is 17.1. The van der Waals surface area contributed by atoms with E-state index in [2.05, 4.69) is 10.3 Å². The van der Waals surface area contributed by atoms with Crippen molar-refractivity contribution in [3.05, 3.63) is 66.4 Å². The fraction of sp³-hybridized carbons (Fsp3) is 0.0588. The molecule has 1 aromatic heterocycles. The average Bonchev–Trinajstić information content (AvgIpc) is 2.55. The van der Waals surface area contributed by atoms with E-state index in [1.54, 1.807) is 6.20 Å². The van der Waals surface area contributed by atoms with Gasteiger partial charge in [-0.05, 0) is 24.3 Å². The first kappa shape index (κ1) is 15.4. The molecular weight excluding hydrogens is 318 g/mol. The molecule has 0 atom stereocenters. The fourth-order valence-corrected chi connectivity index (χ4v) is 2.95. The second-order valence-corrected chi connectivity index (χ2v) is 5.81. The molecule has 1 N–H and O–H groups in total. The Kier molecular flexibility index (Phi) is 4.52. The zero-order valence-electron chi connectivity index (χ0n) is 11.9. The number of rotatable bonds is 4. The van der Waals surface area contributed by atoms with Crippen LogP contribution in [0, 0.1) is 11.6 Å². The molecule has 23 heavy (non-hydrogen) atoms. The summed E-state index contributed by atoms with van der Waals surface area (Å²) in [6.45, 7) is 0. The van der Waals surface area contributed by atoms with Crippen LogP contribution in [-0.2, 0) is 4.79 Å². The van der Waals surface area contributed by atoms with Crippen molar-refractivity contribution in [1.29, 1.82) is 0 Å². The first-order chi connectivity index (χ1) is 11.1. The predicted octanol–water partition coefficient (Wildman–Crippen LogP) is 4.24. The minimum atomic E-state index is -0.796. The topological polar surface area (TPSA) is 42.0 Å². The highest BCUT2D eigenvalue weighted by molar-refractivity contribution is 8.00. The van der Waals surface area contributed by atoms with Gasteiger partial charge in [0.05, 0.1) is 17.0 Å². The van der Waals surface area contributed by atoms with Crippen LogP contribution in [0.5, 0.6) is 0 Å². The molecule has 0 saturated heterocycles. The summed E-state index contributed by atoms with van der Waals surface area (Å²) < 4.78 is 26.3. The standard InChI is InChI=1S/C17H12F2N2OS/c18-12-6-7-14(13(19)9-12)21-16(22)10-23-15-5-1-3-11-4-2-8-20-17(11)15/h1-9H,10H2,(H,21,22). The van der Waals surface area contributed by atoms with Gasteiger partial charge in [0, 0.05) is 22.5 Å². The summed E-state index contributed by atoms with van der Waals surface area (Å²) in [6.07, 6.45) is 1.69. The van der Waals surface area contributed by atoms with Crippen molar-refractivity contribution >= 4 is 34.3 Å². The van der Waals surface area contributed by atoms with Gasteiger partial charge in [-0.3, -0.25) is 9.78 Å². The number of aromatic nitrogens is 1. The van der Waals surface area contributed by atoms with Crippen LogP contribution in [-0.4, -0.2) is 16.6 Å². The zero-order valence-corrected chi connectivity index (χ0v) is 12.7. The van der Waals surface area contributed by atoms with Crippen LogP contribution >= 0.6 is 11.8 Å². The molecule has 0 unspecified atom stereocenters. The Balaban J connectivity index is 1.69. The Morgan fingerprint density at radius 3 is 2.78 bits per heavy atom. The first-order valence-electron chi connectivity index (χ1n) is 6.85. The number of carbonyl (C=O) groups excluding carboxylic acids is 1. The van der Waals surface area contributed by atoms with Gasteiger partial charge < -0.3 is 5.32 Å². The maximum Gasteiger partial charge on any atom is 0.234 e. The van der Waals surface area contributed by atoms with Crippen LogP contribution in [0.2, 0.25) is 0 Å². The largest absolute Gasteiger partial charge is 0.323 e. The Morgan fingerprint density at radius 1 is 1.13 bits per heavy atom. The van der Waals surface area contributed by atoms with E-state index >= 15 is 0 Å². The van der Waals surface area contributed by atoms with Crippen molar-refractivity contribution < 1.29 is 13.6 Å². The molecule has 0 aliphatic carbocycles. The SMILES string of the molecule is O=C(CSc1cccc2cccnc12)Nc1ccc(F)cc1F. The quantitative estimate of drug-likeness (QED) is 0.727. The van der Waals surface area contributed by atoms with Crippen molar-refractivity contribution in [2.45, 2.75) is 4.90 Å². The molecule has 116 valence electrons. The summed E-state index contributed by atoms with van der Waals surface area (Å²) in [5.74, 6) is -1.74. The Morgan fingerprint density at radius 2 is 1.96 bits per heavy atom. The number of hydrogen-bond acceptors (Lipinski definition) is 3. The number of nitrogens with zero attached hydrogens (tertiary/aromatic N) is 1. The van der Waals surface area contributed by atoms with Crippen LogP contribution in [0.3, 0.4) is 0 Å². The number of nitrogens with one attached hydrogen (secondary N) is 1. The summed E-state index contributed by atoms with van der Waals surface area (Å²) >= 11 is 1.32. The molecular formula is C17H12F2N2OS. The third kappa shape index (κ3) is 3.65.